The van der Waals surface area contributed by atoms with Gasteiger partial charge in [0.05, 0.1) is 6.08 Å². The van der Waals surface area contributed by atoms with E-state index in [2.05, 4.69) is 0 Å². The van der Waals surface area contributed by atoms with Crippen molar-refractivity contribution in [2.24, 2.45) is 0 Å². The van der Waals surface area contributed by atoms with E-state index in [1.54, 1.807) is 12.1 Å². The third-order valence-electron chi connectivity index (χ3n) is 3.76. The van der Waals surface area contributed by atoms with Crippen LogP contribution in [0.4, 0.5) is 0 Å². The molecule has 3 rings (SSSR count). The Morgan fingerprint density at radius 3 is 1.54 bits per heavy atom. The van der Waals surface area contributed by atoms with Crippen LogP contribution >= 0.6 is 0 Å². The van der Waals surface area contributed by atoms with Crippen molar-refractivity contribution >= 4 is 5.78 Å². The van der Waals surface area contributed by atoms with E-state index >= 15 is 0 Å². The zero-order chi connectivity index (χ0) is 18.0. The van der Waals surface area contributed by atoms with Gasteiger partial charge in [-0.3, -0.25) is 4.79 Å². The lowest BCUT2D eigenvalue weighted by atomic mass is 10.1. The number of carbonyl (C=O) groups excluding carboxylic acids is 1. The summed E-state index contributed by atoms with van der Waals surface area (Å²) in [7, 11) is 0. The summed E-state index contributed by atoms with van der Waals surface area (Å²) in [5.41, 5.74) is 2.61. The van der Waals surface area contributed by atoms with E-state index in [1.807, 2.05) is 78.9 Å². The molecule has 0 spiro atoms. The maximum Gasteiger partial charge on any atom is 0.283 e. The molecule has 0 saturated heterocycles. The third kappa shape index (κ3) is 5.35. The Kier molecular flexibility index (Phi) is 6.21. The Labute approximate surface area is 153 Å². The highest BCUT2D eigenvalue weighted by Crippen LogP contribution is 2.12. The van der Waals surface area contributed by atoms with E-state index in [9.17, 15) is 4.79 Å². The summed E-state index contributed by atoms with van der Waals surface area (Å²) in [6.07, 6.45) is 1.40. The van der Waals surface area contributed by atoms with Crippen LogP contribution in [0.2, 0.25) is 0 Å². The molecule has 3 aromatic rings. The molecule has 130 valence electrons. The summed E-state index contributed by atoms with van der Waals surface area (Å²) in [4.78, 5) is 12.4. The number of rotatable bonds is 8. The number of ether oxygens (including phenoxy) is 2. The fourth-order valence-corrected chi connectivity index (χ4v) is 2.38. The summed E-state index contributed by atoms with van der Waals surface area (Å²) in [5, 5.41) is 0. The van der Waals surface area contributed by atoms with Gasteiger partial charge in [0.15, 0.2) is 5.78 Å². The van der Waals surface area contributed by atoms with Gasteiger partial charge in [0.1, 0.15) is 13.2 Å². The Bertz CT molecular complexity index is 795. The third-order valence-corrected chi connectivity index (χ3v) is 3.76. The average molecular weight is 344 g/mol. The first-order valence-corrected chi connectivity index (χ1v) is 8.46. The van der Waals surface area contributed by atoms with E-state index in [0.717, 1.165) is 11.1 Å². The molecular formula is C23H20O3. The van der Waals surface area contributed by atoms with Crippen LogP contribution in [0.25, 0.3) is 0 Å². The first-order chi connectivity index (χ1) is 12.8. The molecule has 0 N–H and O–H groups in total. The van der Waals surface area contributed by atoms with Crippen molar-refractivity contribution in [2.75, 3.05) is 0 Å². The van der Waals surface area contributed by atoms with Crippen molar-refractivity contribution in [3.63, 3.8) is 0 Å². The van der Waals surface area contributed by atoms with Gasteiger partial charge in [-0.1, -0.05) is 91.0 Å². The Morgan fingerprint density at radius 1 is 0.654 bits per heavy atom. The fraction of sp³-hybridized carbons (Fsp3) is 0.0870. The monoisotopic (exact) mass is 344 g/mol. The zero-order valence-electron chi connectivity index (χ0n) is 14.4. The largest absolute Gasteiger partial charge is 0.460 e. The Balaban J connectivity index is 1.71. The predicted molar refractivity (Wildman–Crippen MR) is 101 cm³/mol. The summed E-state index contributed by atoms with van der Waals surface area (Å²) < 4.78 is 11.5. The first-order valence-electron chi connectivity index (χ1n) is 8.46. The highest BCUT2D eigenvalue weighted by atomic mass is 16.7. The number of ketones is 1. The summed E-state index contributed by atoms with van der Waals surface area (Å²) in [6.45, 7) is 0.674. The van der Waals surface area contributed by atoms with E-state index in [4.69, 9.17) is 9.47 Å². The molecule has 3 heteroatoms. The van der Waals surface area contributed by atoms with E-state index < -0.39 is 0 Å². The van der Waals surface area contributed by atoms with Crippen molar-refractivity contribution in [3.05, 3.63) is 120 Å². The van der Waals surface area contributed by atoms with E-state index in [0.29, 0.717) is 18.8 Å². The Hall–Kier alpha value is -3.33. The van der Waals surface area contributed by atoms with Crippen LogP contribution < -0.4 is 0 Å². The number of carbonyl (C=O) groups is 1. The lowest BCUT2D eigenvalue weighted by molar-refractivity contribution is 0.0189. The summed E-state index contributed by atoms with van der Waals surface area (Å²) in [6, 6.07) is 28.6. The summed E-state index contributed by atoms with van der Waals surface area (Å²) in [5.74, 6) is 0.0632. The smallest absolute Gasteiger partial charge is 0.283 e. The second-order valence-electron chi connectivity index (χ2n) is 5.74. The van der Waals surface area contributed by atoms with Gasteiger partial charge in [-0.25, -0.2) is 0 Å². The van der Waals surface area contributed by atoms with Crippen molar-refractivity contribution in [1.29, 1.82) is 0 Å². The highest BCUT2D eigenvalue weighted by Gasteiger charge is 2.08. The van der Waals surface area contributed by atoms with Crippen LogP contribution in [0.3, 0.4) is 0 Å². The van der Waals surface area contributed by atoms with Crippen LogP contribution in [0.5, 0.6) is 0 Å². The second kappa shape index (κ2) is 9.23. The molecule has 0 aliphatic heterocycles. The van der Waals surface area contributed by atoms with Gasteiger partial charge in [0, 0.05) is 5.56 Å². The van der Waals surface area contributed by atoms with Crippen LogP contribution in [0.15, 0.2) is 103 Å². The van der Waals surface area contributed by atoms with Gasteiger partial charge < -0.3 is 9.47 Å². The van der Waals surface area contributed by atoms with Crippen LogP contribution in [-0.2, 0) is 22.7 Å². The quantitative estimate of drug-likeness (QED) is 0.322. The fourth-order valence-electron chi connectivity index (χ4n) is 2.38. The highest BCUT2D eigenvalue weighted by molar-refractivity contribution is 6.04. The molecule has 0 fully saturated rings. The van der Waals surface area contributed by atoms with Gasteiger partial charge in [-0.05, 0) is 11.1 Å². The molecule has 0 aliphatic carbocycles. The molecule has 0 unspecified atom stereocenters. The normalized spacial score (nSPS) is 10.0. The standard InChI is InChI=1S/C23H20O3/c24-22(21-14-8-3-9-15-21)16-23(25-17-19-10-4-1-5-11-19)26-18-20-12-6-2-7-13-20/h1-16H,17-18H2. The molecule has 0 aromatic heterocycles. The minimum Gasteiger partial charge on any atom is -0.460 e. The molecule has 0 bridgehead atoms. The minimum atomic E-state index is -0.151. The number of allylic oxidation sites excluding steroid dienone is 1. The van der Waals surface area contributed by atoms with Crippen molar-refractivity contribution in [1.82, 2.24) is 0 Å². The zero-order valence-corrected chi connectivity index (χ0v) is 14.4. The lowest BCUT2D eigenvalue weighted by Gasteiger charge is -2.12. The number of hydrogen-bond donors (Lipinski definition) is 0. The molecule has 3 nitrogen and oxygen atoms in total. The maximum atomic E-state index is 12.4. The van der Waals surface area contributed by atoms with Crippen LogP contribution in [-0.4, -0.2) is 5.78 Å². The van der Waals surface area contributed by atoms with Gasteiger partial charge in [0.25, 0.3) is 5.95 Å². The molecule has 3 aromatic carbocycles. The van der Waals surface area contributed by atoms with Gasteiger partial charge in [-0.2, -0.15) is 0 Å². The van der Waals surface area contributed by atoms with E-state index in [1.165, 1.54) is 6.08 Å². The molecular weight excluding hydrogens is 324 g/mol. The van der Waals surface area contributed by atoms with Crippen LogP contribution in [0, 0.1) is 0 Å². The van der Waals surface area contributed by atoms with Crippen molar-refractivity contribution < 1.29 is 14.3 Å². The molecule has 0 atom stereocenters. The number of hydrogen-bond acceptors (Lipinski definition) is 3. The molecule has 26 heavy (non-hydrogen) atoms. The van der Waals surface area contributed by atoms with Gasteiger partial charge in [0.2, 0.25) is 0 Å². The number of benzene rings is 3. The minimum absolute atomic E-state index is 0.151. The SMILES string of the molecule is O=C(C=C(OCc1ccccc1)OCc1ccccc1)c1ccccc1. The molecule has 0 heterocycles. The van der Waals surface area contributed by atoms with Gasteiger partial charge in [-0.15, -0.1) is 0 Å². The lowest BCUT2D eigenvalue weighted by Crippen LogP contribution is -2.04. The molecule has 0 amide bonds. The molecule has 0 aliphatic rings. The Morgan fingerprint density at radius 2 is 1.08 bits per heavy atom. The van der Waals surface area contributed by atoms with Gasteiger partial charge >= 0.3 is 0 Å². The molecule has 0 radical (unpaired) electrons. The average Bonchev–Trinajstić information content (AvgIpc) is 2.72. The maximum absolute atomic E-state index is 12.4. The topological polar surface area (TPSA) is 35.5 Å². The molecule has 0 saturated carbocycles. The second-order valence-corrected chi connectivity index (χ2v) is 5.74. The van der Waals surface area contributed by atoms with Crippen LogP contribution in [0.1, 0.15) is 21.5 Å². The predicted octanol–water partition coefficient (Wildman–Crippen LogP) is 5.14. The van der Waals surface area contributed by atoms with E-state index in [-0.39, 0.29) is 11.7 Å². The summed E-state index contributed by atoms with van der Waals surface area (Å²) >= 11 is 0. The van der Waals surface area contributed by atoms with Crippen molar-refractivity contribution in [3.8, 4) is 0 Å². The first kappa shape index (κ1) is 17.5. The van der Waals surface area contributed by atoms with Crippen molar-refractivity contribution in [2.45, 2.75) is 13.2 Å².